The van der Waals surface area contributed by atoms with Gasteiger partial charge in [-0.15, -0.1) is 0 Å². The monoisotopic (exact) mass is 440 g/mol. The van der Waals surface area contributed by atoms with Crippen molar-refractivity contribution in [2.45, 2.75) is 32.4 Å². The van der Waals surface area contributed by atoms with E-state index in [1.807, 2.05) is 64.9 Å². The molecule has 2 aromatic heterocycles. The van der Waals surface area contributed by atoms with E-state index in [0.717, 1.165) is 52.5 Å². The number of nitrogens with zero attached hydrogens (tertiary/aromatic N) is 6. The second kappa shape index (κ2) is 8.88. The van der Waals surface area contributed by atoms with Crippen LogP contribution in [0.15, 0.2) is 54.0 Å². The highest BCUT2D eigenvalue weighted by Gasteiger charge is 2.28. The average Bonchev–Trinajstić information content (AvgIpc) is 3.48. The van der Waals surface area contributed by atoms with Crippen molar-refractivity contribution in [1.82, 2.24) is 24.3 Å². The maximum atomic E-state index is 9.08. The van der Waals surface area contributed by atoms with E-state index in [-0.39, 0.29) is 6.10 Å². The fourth-order valence-electron chi connectivity index (χ4n) is 4.11. The lowest BCUT2D eigenvalue weighted by Gasteiger charge is -2.26. The molecule has 2 aliphatic rings. The maximum absolute atomic E-state index is 9.08. The van der Waals surface area contributed by atoms with Crippen molar-refractivity contribution < 1.29 is 9.47 Å². The highest BCUT2D eigenvalue weighted by molar-refractivity contribution is 5.69. The van der Waals surface area contributed by atoms with E-state index in [1.54, 1.807) is 13.4 Å². The fraction of sp³-hybridized carbons (Fsp3) is 0.280. The minimum atomic E-state index is -0.220. The number of methoxy groups -OCH3 is 1. The molecule has 3 heterocycles. The topological polar surface area (TPSA) is 90.8 Å². The predicted molar refractivity (Wildman–Crippen MR) is 124 cm³/mol. The Morgan fingerprint density at radius 2 is 2.15 bits per heavy atom. The van der Waals surface area contributed by atoms with Crippen molar-refractivity contribution >= 4 is 12.2 Å². The molecule has 0 saturated carbocycles. The molecule has 0 amide bonds. The second-order valence-electron chi connectivity index (χ2n) is 8.03. The van der Waals surface area contributed by atoms with Gasteiger partial charge in [0.1, 0.15) is 11.9 Å². The summed E-state index contributed by atoms with van der Waals surface area (Å²) in [6, 6.07) is 8.24. The highest BCUT2D eigenvalue weighted by atomic mass is 16.5. The molecule has 1 aromatic carbocycles. The Morgan fingerprint density at radius 1 is 1.24 bits per heavy atom. The van der Waals surface area contributed by atoms with E-state index in [0.29, 0.717) is 19.0 Å². The Bertz CT molecular complexity index is 1320. The molecule has 0 unspecified atom stereocenters. The quantitative estimate of drug-likeness (QED) is 0.591. The first-order valence-corrected chi connectivity index (χ1v) is 10.9. The van der Waals surface area contributed by atoms with E-state index in [2.05, 4.69) is 16.2 Å². The normalized spacial score (nSPS) is 17.9. The molecule has 0 fully saturated rings. The van der Waals surface area contributed by atoms with Gasteiger partial charge in [-0.25, -0.2) is 14.6 Å². The molecule has 166 valence electrons. The number of imidazole rings is 1. The third kappa shape index (κ3) is 4.23. The SMILES string of the molecule is COc1cc(/C=C/c2nc3n(n2)CCO[C@@H]3C2=CC=C(C#N)CC2)ccc1-n1cnc(C)c1. The summed E-state index contributed by atoms with van der Waals surface area (Å²) >= 11 is 0. The molecule has 8 nitrogen and oxygen atoms in total. The van der Waals surface area contributed by atoms with Gasteiger partial charge in [0.15, 0.2) is 11.6 Å². The number of aromatic nitrogens is 5. The van der Waals surface area contributed by atoms with Crippen molar-refractivity contribution in [3.63, 3.8) is 0 Å². The summed E-state index contributed by atoms with van der Waals surface area (Å²) in [7, 11) is 1.66. The number of fused-ring (bicyclic) bond motifs is 1. The summed E-state index contributed by atoms with van der Waals surface area (Å²) in [6.07, 6.45) is 12.8. The zero-order valence-corrected chi connectivity index (χ0v) is 18.6. The summed E-state index contributed by atoms with van der Waals surface area (Å²) in [4.78, 5) is 9.03. The van der Waals surface area contributed by atoms with Gasteiger partial charge in [0, 0.05) is 11.8 Å². The standard InChI is InChI=1S/C25H24N6O2/c1-17-15-30(16-27-17)21-9-5-18(13-22(21)32-2)6-10-23-28-25-24(33-12-11-31(25)29-23)20-7-3-19(14-26)4-8-20/h3,5-7,9-10,13,15-16,24H,4,8,11-12H2,1-2H3/b10-6+/t24-/m1/s1. The van der Waals surface area contributed by atoms with E-state index in [4.69, 9.17) is 19.7 Å². The van der Waals surface area contributed by atoms with Crippen LogP contribution in [0.1, 0.15) is 41.9 Å². The summed E-state index contributed by atoms with van der Waals surface area (Å²) in [5, 5.41) is 13.7. The number of benzene rings is 1. The van der Waals surface area contributed by atoms with Gasteiger partial charge in [-0.05, 0) is 55.2 Å². The molecule has 0 N–H and O–H groups in total. The molecule has 8 heteroatoms. The molecule has 0 spiro atoms. The molecule has 3 aromatic rings. The van der Waals surface area contributed by atoms with Gasteiger partial charge in [0.05, 0.1) is 44.0 Å². The first kappa shape index (κ1) is 20.9. The molecule has 0 bridgehead atoms. The van der Waals surface area contributed by atoms with Gasteiger partial charge in [-0.1, -0.05) is 18.2 Å². The number of allylic oxidation sites excluding steroid dienone is 3. The molecular weight excluding hydrogens is 416 g/mol. The molecule has 0 radical (unpaired) electrons. The lowest BCUT2D eigenvalue weighted by atomic mass is 9.94. The number of ether oxygens (including phenoxy) is 2. The molecule has 33 heavy (non-hydrogen) atoms. The van der Waals surface area contributed by atoms with Gasteiger partial charge >= 0.3 is 0 Å². The van der Waals surface area contributed by atoms with Crippen molar-refractivity contribution in [3.8, 4) is 17.5 Å². The summed E-state index contributed by atoms with van der Waals surface area (Å²) in [5.74, 6) is 2.21. The molecular formula is C25H24N6O2. The number of aryl methyl sites for hydroxylation is 1. The first-order valence-electron chi connectivity index (χ1n) is 10.9. The number of rotatable bonds is 5. The van der Waals surface area contributed by atoms with Crippen LogP contribution in [0.3, 0.4) is 0 Å². The first-order chi connectivity index (χ1) is 16.1. The van der Waals surface area contributed by atoms with Crippen LogP contribution in [-0.4, -0.2) is 38.0 Å². The van der Waals surface area contributed by atoms with Crippen LogP contribution in [0.5, 0.6) is 5.75 Å². The Labute approximate surface area is 192 Å². The maximum Gasteiger partial charge on any atom is 0.174 e. The zero-order valence-electron chi connectivity index (χ0n) is 18.6. The van der Waals surface area contributed by atoms with E-state index < -0.39 is 0 Å². The smallest absolute Gasteiger partial charge is 0.174 e. The van der Waals surface area contributed by atoms with E-state index >= 15 is 0 Å². The zero-order chi connectivity index (χ0) is 22.8. The van der Waals surface area contributed by atoms with Crippen LogP contribution < -0.4 is 4.74 Å². The molecule has 5 rings (SSSR count). The lowest BCUT2D eigenvalue weighted by Crippen LogP contribution is -2.24. The number of hydrogen-bond acceptors (Lipinski definition) is 6. The van der Waals surface area contributed by atoms with Crippen molar-refractivity contribution in [2.75, 3.05) is 13.7 Å². The van der Waals surface area contributed by atoms with E-state index in [9.17, 15) is 0 Å². The Morgan fingerprint density at radius 3 is 2.88 bits per heavy atom. The molecule has 0 saturated heterocycles. The molecule has 1 aliphatic carbocycles. The van der Waals surface area contributed by atoms with Gasteiger partial charge < -0.3 is 14.0 Å². The van der Waals surface area contributed by atoms with Crippen molar-refractivity contribution in [1.29, 1.82) is 5.26 Å². The minimum absolute atomic E-state index is 0.220. The highest BCUT2D eigenvalue weighted by Crippen LogP contribution is 2.34. The third-order valence-corrected chi connectivity index (χ3v) is 5.82. The van der Waals surface area contributed by atoms with Crippen LogP contribution in [0.2, 0.25) is 0 Å². The lowest BCUT2D eigenvalue weighted by molar-refractivity contribution is 0.0343. The number of hydrogen-bond donors (Lipinski definition) is 0. The predicted octanol–water partition coefficient (Wildman–Crippen LogP) is 4.19. The summed E-state index contributed by atoms with van der Waals surface area (Å²) < 4.78 is 15.5. The third-order valence-electron chi connectivity index (χ3n) is 5.82. The summed E-state index contributed by atoms with van der Waals surface area (Å²) in [6.45, 7) is 3.22. The van der Waals surface area contributed by atoms with Crippen LogP contribution in [-0.2, 0) is 11.3 Å². The molecule has 1 aliphatic heterocycles. The fourth-order valence-corrected chi connectivity index (χ4v) is 4.11. The summed E-state index contributed by atoms with van der Waals surface area (Å²) in [5.41, 5.74) is 4.79. The Balaban J connectivity index is 1.38. The number of nitriles is 1. The van der Waals surface area contributed by atoms with Gasteiger partial charge in [0.2, 0.25) is 0 Å². The minimum Gasteiger partial charge on any atom is -0.495 e. The Kier molecular flexibility index (Phi) is 5.63. The van der Waals surface area contributed by atoms with Gasteiger partial charge in [0.25, 0.3) is 0 Å². The van der Waals surface area contributed by atoms with E-state index in [1.165, 1.54) is 0 Å². The van der Waals surface area contributed by atoms with Gasteiger partial charge in [-0.2, -0.15) is 10.4 Å². The van der Waals surface area contributed by atoms with Crippen LogP contribution in [0, 0.1) is 18.3 Å². The van der Waals surface area contributed by atoms with Gasteiger partial charge in [-0.3, -0.25) is 0 Å². The second-order valence-corrected chi connectivity index (χ2v) is 8.03. The average molecular weight is 441 g/mol. The Hall–Kier alpha value is -3.96. The van der Waals surface area contributed by atoms with Crippen LogP contribution in [0.25, 0.3) is 17.8 Å². The van der Waals surface area contributed by atoms with Crippen molar-refractivity contribution in [2.24, 2.45) is 0 Å². The largest absolute Gasteiger partial charge is 0.495 e. The van der Waals surface area contributed by atoms with Crippen LogP contribution in [0.4, 0.5) is 0 Å². The molecule has 1 atom stereocenters. The van der Waals surface area contributed by atoms with Crippen molar-refractivity contribution in [3.05, 3.63) is 76.9 Å². The van der Waals surface area contributed by atoms with Crippen LogP contribution >= 0.6 is 0 Å².